The van der Waals surface area contributed by atoms with Crippen molar-refractivity contribution in [1.82, 2.24) is 4.37 Å². The van der Waals surface area contributed by atoms with Crippen LogP contribution in [0, 0.1) is 5.41 Å². The van der Waals surface area contributed by atoms with Gasteiger partial charge in [0.05, 0.1) is 3.42 Å². The van der Waals surface area contributed by atoms with Crippen molar-refractivity contribution in [2.24, 2.45) is 5.41 Å². The van der Waals surface area contributed by atoms with E-state index < -0.39 is 0 Å². The van der Waals surface area contributed by atoms with Gasteiger partial charge in [0, 0.05) is 10.6 Å². The Morgan fingerprint density at radius 2 is 1.93 bits per heavy atom. The molecule has 1 aromatic rings. The molecule has 1 nitrogen and oxygen atoms in total. The van der Waals surface area contributed by atoms with E-state index in [1.54, 1.807) is 11.5 Å². The monoisotopic (exact) mass is 355 g/mol. The molecule has 0 spiro atoms. The van der Waals surface area contributed by atoms with Crippen LogP contribution in [0.4, 0.5) is 0 Å². The minimum absolute atomic E-state index is 0.204. The molecular formula is C11H18INS2. The summed E-state index contributed by atoms with van der Waals surface area (Å²) in [6, 6.07) is 2.23. The number of rotatable bonds is 3. The minimum atomic E-state index is 0.204. The highest BCUT2D eigenvalue weighted by Gasteiger charge is 2.20. The van der Waals surface area contributed by atoms with E-state index in [4.69, 9.17) is 0 Å². The van der Waals surface area contributed by atoms with Gasteiger partial charge in [0.15, 0.2) is 0 Å². The first-order valence-electron chi connectivity index (χ1n) is 4.97. The molecule has 0 saturated heterocycles. The summed E-state index contributed by atoms with van der Waals surface area (Å²) in [5.74, 6) is 1.12. The van der Waals surface area contributed by atoms with Gasteiger partial charge in [-0.3, -0.25) is 0 Å². The number of halogens is 1. The SMILES string of the molecule is CC(C)(C)CSc1cc(C(C)(C)I)sn1. The van der Waals surface area contributed by atoms with Gasteiger partial charge in [0.2, 0.25) is 0 Å². The van der Waals surface area contributed by atoms with E-state index in [0.717, 1.165) is 5.75 Å². The van der Waals surface area contributed by atoms with Crippen molar-refractivity contribution < 1.29 is 0 Å². The van der Waals surface area contributed by atoms with E-state index in [1.165, 1.54) is 9.90 Å². The maximum absolute atomic E-state index is 4.49. The molecule has 1 rings (SSSR count). The van der Waals surface area contributed by atoms with Crippen LogP contribution in [0.2, 0.25) is 0 Å². The molecule has 0 aromatic carbocycles. The molecule has 0 bridgehead atoms. The normalized spacial score (nSPS) is 13.2. The average molecular weight is 355 g/mol. The Bertz CT molecular complexity index is 320. The molecule has 4 heteroatoms. The molecular weight excluding hydrogens is 337 g/mol. The highest BCUT2D eigenvalue weighted by Crippen LogP contribution is 2.36. The third-order valence-electron chi connectivity index (χ3n) is 1.73. The molecule has 0 aliphatic heterocycles. The zero-order chi connectivity index (χ0) is 11.7. The topological polar surface area (TPSA) is 12.9 Å². The maximum Gasteiger partial charge on any atom is 0.110 e. The molecule has 0 aliphatic rings. The Balaban J connectivity index is 2.62. The molecule has 0 radical (unpaired) electrons. The lowest BCUT2D eigenvalue weighted by Gasteiger charge is -2.16. The Hall–Kier alpha value is 0.710. The first kappa shape index (κ1) is 13.8. The molecule has 0 amide bonds. The zero-order valence-corrected chi connectivity index (χ0v) is 13.7. The summed E-state index contributed by atoms with van der Waals surface area (Å²) < 4.78 is 4.69. The van der Waals surface area contributed by atoms with Crippen LogP contribution >= 0.6 is 45.9 Å². The predicted octanol–water partition coefficient (Wildman–Crippen LogP) is 4.95. The molecule has 0 atom stereocenters. The molecule has 1 heterocycles. The second-order valence-corrected chi connectivity index (χ2v) is 9.85. The van der Waals surface area contributed by atoms with Crippen LogP contribution in [-0.4, -0.2) is 10.1 Å². The molecule has 0 fully saturated rings. The first-order chi connectivity index (χ1) is 6.68. The van der Waals surface area contributed by atoms with Crippen LogP contribution < -0.4 is 0 Å². The smallest absolute Gasteiger partial charge is 0.110 e. The van der Waals surface area contributed by atoms with Gasteiger partial charge >= 0.3 is 0 Å². The van der Waals surface area contributed by atoms with Crippen LogP contribution in [0.1, 0.15) is 39.5 Å². The summed E-state index contributed by atoms with van der Waals surface area (Å²) in [4.78, 5) is 1.36. The van der Waals surface area contributed by atoms with Gasteiger partial charge in [-0.1, -0.05) is 43.4 Å². The fourth-order valence-corrected chi connectivity index (χ4v) is 3.15. The van der Waals surface area contributed by atoms with Gasteiger partial charge in [-0.05, 0) is 36.9 Å². The summed E-state index contributed by atoms with van der Waals surface area (Å²) in [5, 5.41) is 1.18. The summed E-state index contributed by atoms with van der Waals surface area (Å²) in [6.07, 6.45) is 0. The molecule has 15 heavy (non-hydrogen) atoms. The van der Waals surface area contributed by atoms with Crippen LogP contribution in [0.5, 0.6) is 0 Å². The largest absolute Gasteiger partial charge is 0.186 e. The number of aromatic nitrogens is 1. The van der Waals surface area contributed by atoms with Crippen LogP contribution in [-0.2, 0) is 3.42 Å². The van der Waals surface area contributed by atoms with E-state index in [0.29, 0.717) is 5.41 Å². The highest BCUT2D eigenvalue weighted by molar-refractivity contribution is 14.1. The lowest BCUT2D eigenvalue weighted by molar-refractivity contribution is 0.480. The van der Waals surface area contributed by atoms with E-state index in [9.17, 15) is 0 Å². The molecule has 86 valence electrons. The quantitative estimate of drug-likeness (QED) is 0.432. The van der Waals surface area contributed by atoms with Crippen molar-refractivity contribution in [2.45, 2.75) is 43.1 Å². The minimum Gasteiger partial charge on any atom is -0.186 e. The molecule has 0 aliphatic carbocycles. The van der Waals surface area contributed by atoms with Gasteiger partial charge < -0.3 is 0 Å². The van der Waals surface area contributed by atoms with Crippen molar-refractivity contribution in [3.05, 3.63) is 10.9 Å². The number of hydrogen-bond donors (Lipinski definition) is 0. The lowest BCUT2D eigenvalue weighted by atomic mass is 10.0. The van der Waals surface area contributed by atoms with Crippen LogP contribution in [0.3, 0.4) is 0 Å². The Kier molecular flexibility index (Phi) is 4.52. The molecule has 0 unspecified atom stereocenters. The second-order valence-electron chi connectivity index (χ2n) is 5.35. The fourth-order valence-electron chi connectivity index (χ4n) is 0.898. The van der Waals surface area contributed by atoms with E-state index in [2.05, 4.69) is 67.6 Å². The van der Waals surface area contributed by atoms with Crippen molar-refractivity contribution in [3.8, 4) is 0 Å². The summed E-state index contributed by atoms with van der Waals surface area (Å²) in [6.45, 7) is 11.2. The second kappa shape index (κ2) is 4.92. The number of thioether (sulfide) groups is 1. The average Bonchev–Trinajstić information content (AvgIpc) is 2.45. The van der Waals surface area contributed by atoms with E-state index in [-0.39, 0.29) is 3.42 Å². The third-order valence-corrected chi connectivity index (χ3v) is 5.42. The van der Waals surface area contributed by atoms with Crippen molar-refractivity contribution in [1.29, 1.82) is 0 Å². The van der Waals surface area contributed by atoms with E-state index in [1.807, 2.05) is 11.8 Å². The Morgan fingerprint density at radius 1 is 1.33 bits per heavy atom. The van der Waals surface area contributed by atoms with Gasteiger partial charge in [-0.25, -0.2) is 0 Å². The highest BCUT2D eigenvalue weighted by atomic mass is 127. The summed E-state index contributed by atoms with van der Waals surface area (Å²) >= 11 is 5.95. The number of nitrogens with zero attached hydrogens (tertiary/aromatic N) is 1. The first-order valence-corrected chi connectivity index (χ1v) is 7.81. The zero-order valence-electron chi connectivity index (χ0n) is 9.93. The Morgan fingerprint density at radius 3 is 2.33 bits per heavy atom. The Labute approximate surface area is 115 Å². The fraction of sp³-hybridized carbons (Fsp3) is 0.727. The predicted molar refractivity (Wildman–Crippen MR) is 79.3 cm³/mol. The molecule has 1 aromatic heterocycles. The van der Waals surface area contributed by atoms with Gasteiger partial charge in [0.25, 0.3) is 0 Å². The molecule has 0 N–H and O–H groups in total. The van der Waals surface area contributed by atoms with Gasteiger partial charge in [0.1, 0.15) is 5.03 Å². The number of hydrogen-bond acceptors (Lipinski definition) is 3. The van der Waals surface area contributed by atoms with Gasteiger partial charge in [-0.15, -0.1) is 11.8 Å². The maximum atomic E-state index is 4.49. The van der Waals surface area contributed by atoms with Crippen molar-refractivity contribution in [3.63, 3.8) is 0 Å². The van der Waals surface area contributed by atoms with Crippen LogP contribution in [0.15, 0.2) is 11.1 Å². The molecule has 0 saturated carbocycles. The third kappa shape index (κ3) is 5.04. The lowest BCUT2D eigenvalue weighted by Crippen LogP contribution is -2.07. The summed E-state index contributed by atoms with van der Waals surface area (Å²) in [7, 11) is 0. The van der Waals surface area contributed by atoms with Gasteiger partial charge in [-0.2, -0.15) is 4.37 Å². The summed E-state index contributed by atoms with van der Waals surface area (Å²) in [5.41, 5.74) is 0.369. The van der Waals surface area contributed by atoms with E-state index >= 15 is 0 Å². The van der Waals surface area contributed by atoms with Crippen molar-refractivity contribution >= 4 is 45.9 Å². The van der Waals surface area contributed by atoms with Crippen molar-refractivity contribution in [2.75, 3.05) is 5.75 Å². The number of alkyl halides is 1. The standard InChI is InChI=1S/C11H18INS2/c1-10(2,3)7-14-9-6-8(15-13-9)11(4,5)12/h6H,7H2,1-5H3. The van der Waals surface area contributed by atoms with Crippen LogP contribution in [0.25, 0.3) is 0 Å².